The number of fused-ring (bicyclic) bond motifs is 1. The molecule has 1 heterocycles. The molecule has 2 atom stereocenters. The molecule has 4 aromatic rings. The molecule has 0 bridgehead atoms. The van der Waals surface area contributed by atoms with Crippen LogP contribution in [0.15, 0.2) is 79.1 Å². The molecule has 0 saturated carbocycles. The third kappa shape index (κ3) is 5.61. The van der Waals surface area contributed by atoms with Crippen LogP contribution < -0.4 is 4.74 Å². The number of alkyl halides is 3. The molecule has 0 radical (unpaired) electrons. The molecule has 4 rings (SSSR count). The van der Waals surface area contributed by atoms with E-state index in [4.69, 9.17) is 21.1 Å². The van der Waals surface area contributed by atoms with E-state index in [1.165, 1.54) is 62.6 Å². The van der Waals surface area contributed by atoms with Crippen LogP contribution in [-0.4, -0.2) is 22.2 Å². The summed E-state index contributed by atoms with van der Waals surface area (Å²) < 4.78 is 54.3. The third-order valence-corrected chi connectivity index (χ3v) is 6.79. The van der Waals surface area contributed by atoms with Crippen LogP contribution in [0.3, 0.4) is 0 Å². The summed E-state index contributed by atoms with van der Waals surface area (Å²) in [5.41, 5.74) is -1.70. The number of nitrogens with zero attached hydrogens (tertiary/aromatic N) is 1. The molecule has 0 spiro atoms. The van der Waals surface area contributed by atoms with Crippen molar-refractivity contribution in [2.75, 3.05) is 0 Å². The fraction of sp³-hybridized carbons (Fsp3) is 0.241. The van der Waals surface area contributed by atoms with E-state index >= 15 is 0 Å². The lowest BCUT2D eigenvalue weighted by Gasteiger charge is -2.37. The molecular formula is C29H25ClF3NO4. The van der Waals surface area contributed by atoms with Gasteiger partial charge in [-0.15, -0.1) is 0 Å². The molecule has 38 heavy (non-hydrogen) atoms. The standard InChI is InChI=1S/C29H25ClF3NO4/c1-18(28(36,29(31,32)33)26-5-3-4-22-15-34-13-12-25(22)26)24-11-10-23(14-27(24)30)38-17-21-8-6-20(7-9-21)16-37-19(2)35/h3-15,18,36H,16-17H2,1-2H3. The van der Waals surface area contributed by atoms with Gasteiger partial charge < -0.3 is 14.6 Å². The molecular weight excluding hydrogens is 519 g/mol. The van der Waals surface area contributed by atoms with Crippen LogP contribution in [-0.2, 0) is 28.3 Å². The molecule has 3 aromatic carbocycles. The van der Waals surface area contributed by atoms with Crippen molar-refractivity contribution in [1.82, 2.24) is 4.98 Å². The van der Waals surface area contributed by atoms with Crippen molar-refractivity contribution in [1.29, 1.82) is 0 Å². The zero-order chi connectivity index (χ0) is 27.5. The van der Waals surface area contributed by atoms with Crippen molar-refractivity contribution in [3.8, 4) is 5.75 Å². The van der Waals surface area contributed by atoms with Crippen molar-refractivity contribution in [2.45, 2.75) is 44.8 Å². The maximum absolute atomic E-state index is 14.5. The quantitative estimate of drug-likeness (QED) is 0.240. The number of hydrogen-bond donors (Lipinski definition) is 1. The first-order chi connectivity index (χ1) is 18.0. The van der Waals surface area contributed by atoms with Crippen LogP contribution >= 0.6 is 11.6 Å². The fourth-order valence-electron chi connectivity index (χ4n) is 4.34. The maximum Gasteiger partial charge on any atom is 0.422 e. The molecule has 1 aromatic heterocycles. The van der Waals surface area contributed by atoms with Gasteiger partial charge >= 0.3 is 12.1 Å². The van der Waals surface area contributed by atoms with Gasteiger partial charge in [0.05, 0.1) is 0 Å². The van der Waals surface area contributed by atoms with E-state index in [1.54, 1.807) is 18.2 Å². The van der Waals surface area contributed by atoms with Gasteiger partial charge in [-0.05, 0) is 40.3 Å². The Bertz CT molecular complexity index is 1440. The summed E-state index contributed by atoms with van der Waals surface area (Å²) in [6.45, 7) is 3.00. The number of rotatable bonds is 8. The Labute approximate surface area is 222 Å². The average Bonchev–Trinajstić information content (AvgIpc) is 2.89. The summed E-state index contributed by atoms with van der Waals surface area (Å²) in [6.07, 6.45) is -2.16. The number of esters is 1. The Hall–Kier alpha value is -3.62. The largest absolute Gasteiger partial charge is 0.489 e. The smallest absolute Gasteiger partial charge is 0.422 e. The molecule has 2 unspecified atom stereocenters. The highest BCUT2D eigenvalue weighted by Crippen LogP contribution is 2.51. The molecule has 0 aliphatic rings. The molecule has 198 valence electrons. The Morgan fingerprint density at radius 2 is 1.71 bits per heavy atom. The normalized spacial score (nSPS) is 14.1. The first kappa shape index (κ1) is 27.4. The van der Waals surface area contributed by atoms with E-state index in [-0.39, 0.29) is 40.7 Å². The van der Waals surface area contributed by atoms with Gasteiger partial charge in [0.25, 0.3) is 0 Å². The Kier molecular flexibility index (Phi) is 7.94. The maximum atomic E-state index is 14.5. The lowest BCUT2D eigenvalue weighted by atomic mass is 9.76. The Balaban J connectivity index is 1.57. The molecule has 0 fully saturated rings. The van der Waals surface area contributed by atoms with Gasteiger partial charge in [-0.1, -0.05) is 67.1 Å². The van der Waals surface area contributed by atoms with E-state index < -0.39 is 17.7 Å². The molecule has 1 N–H and O–H groups in total. The van der Waals surface area contributed by atoms with Gasteiger partial charge in [0.1, 0.15) is 19.0 Å². The summed E-state index contributed by atoms with van der Waals surface area (Å²) in [6, 6.07) is 17.5. The van der Waals surface area contributed by atoms with Crippen LogP contribution in [0.25, 0.3) is 10.8 Å². The number of hydrogen-bond acceptors (Lipinski definition) is 5. The molecule has 0 aliphatic heterocycles. The van der Waals surface area contributed by atoms with E-state index in [2.05, 4.69) is 4.98 Å². The lowest BCUT2D eigenvalue weighted by molar-refractivity contribution is -0.274. The van der Waals surface area contributed by atoms with Gasteiger partial charge in [-0.3, -0.25) is 9.78 Å². The monoisotopic (exact) mass is 543 g/mol. The predicted octanol–water partition coefficient (Wildman–Crippen LogP) is 7.08. The minimum atomic E-state index is -5.00. The number of carbonyl (C=O) groups is 1. The second kappa shape index (κ2) is 11.0. The SMILES string of the molecule is CC(=O)OCc1ccc(COc2ccc(C(C)C(O)(c3cccc4cnccc34)C(F)(F)F)c(Cl)c2)cc1. The van der Waals surface area contributed by atoms with Gasteiger partial charge in [-0.25, -0.2) is 0 Å². The Morgan fingerprint density at radius 3 is 2.34 bits per heavy atom. The number of aromatic nitrogens is 1. The van der Waals surface area contributed by atoms with Crippen LogP contribution in [0.4, 0.5) is 13.2 Å². The van der Waals surface area contributed by atoms with E-state index in [0.29, 0.717) is 11.1 Å². The van der Waals surface area contributed by atoms with E-state index in [0.717, 1.165) is 11.1 Å². The molecule has 0 saturated heterocycles. The predicted molar refractivity (Wildman–Crippen MR) is 138 cm³/mol. The summed E-state index contributed by atoms with van der Waals surface area (Å²) in [4.78, 5) is 14.9. The summed E-state index contributed by atoms with van der Waals surface area (Å²) >= 11 is 6.44. The van der Waals surface area contributed by atoms with Crippen LogP contribution in [0.1, 0.15) is 42.0 Å². The zero-order valence-electron chi connectivity index (χ0n) is 20.6. The van der Waals surface area contributed by atoms with Crippen LogP contribution in [0.2, 0.25) is 5.02 Å². The second-order valence-corrected chi connectivity index (χ2v) is 9.36. The number of halogens is 4. The van der Waals surface area contributed by atoms with Crippen LogP contribution in [0, 0.1) is 0 Å². The van der Waals surface area contributed by atoms with Gasteiger partial charge in [0.15, 0.2) is 5.60 Å². The first-order valence-corrected chi connectivity index (χ1v) is 12.1. The number of pyridine rings is 1. The first-order valence-electron chi connectivity index (χ1n) is 11.8. The third-order valence-electron chi connectivity index (χ3n) is 6.46. The van der Waals surface area contributed by atoms with Gasteiger partial charge in [0, 0.05) is 41.2 Å². The van der Waals surface area contributed by atoms with Gasteiger partial charge in [-0.2, -0.15) is 13.2 Å². The fourth-order valence-corrected chi connectivity index (χ4v) is 4.68. The van der Waals surface area contributed by atoms with Crippen molar-refractivity contribution in [3.05, 3.63) is 106 Å². The highest BCUT2D eigenvalue weighted by atomic mass is 35.5. The summed E-state index contributed by atoms with van der Waals surface area (Å²) in [5, 5.41) is 12.1. The van der Waals surface area contributed by atoms with Gasteiger partial charge in [0.2, 0.25) is 0 Å². The minimum Gasteiger partial charge on any atom is -0.489 e. The van der Waals surface area contributed by atoms with Crippen molar-refractivity contribution >= 4 is 28.3 Å². The summed E-state index contributed by atoms with van der Waals surface area (Å²) in [7, 11) is 0. The molecule has 5 nitrogen and oxygen atoms in total. The topological polar surface area (TPSA) is 68.7 Å². The van der Waals surface area contributed by atoms with Crippen LogP contribution in [0.5, 0.6) is 5.75 Å². The van der Waals surface area contributed by atoms with Crippen molar-refractivity contribution in [2.24, 2.45) is 0 Å². The molecule has 0 amide bonds. The molecule has 9 heteroatoms. The van der Waals surface area contributed by atoms with E-state index in [9.17, 15) is 23.1 Å². The van der Waals surface area contributed by atoms with E-state index in [1.807, 2.05) is 12.1 Å². The zero-order valence-corrected chi connectivity index (χ0v) is 21.4. The second-order valence-electron chi connectivity index (χ2n) is 8.96. The highest BCUT2D eigenvalue weighted by Gasteiger charge is 2.59. The number of aliphatic hydroxyl groups is 1. The number of carbonyl (C=O) groups excluding carboxylic acids is 1. The average molecular weight is 544 g/mol. The van der Waals surface area contributed by atoms with Crippen molar-refractivity contribution in [3.63, 3.8) is 0 Å². The summed E-state index contributed by atoms with van der Waals surface area (Å²) in [5.74, 6) is -1.44. The van der Waals surface area contributed by atoms with Crippen molar-refractivity contribution < 1.29 is 32.5 Å². The Morgan fingerprint density at radius 1 is 1.03 bits per heavy atom. The number of benzene rings is 3. The number of ether oxygens (including phenoxy) is 2. The minimum absolute atomic E-state index is 0.0382. The lowest BCUT2D eigenvalue weighted by Crippen LogP contribution is -2.46. The highest BCUT2D eigenvalue weighted by molar-refractivity contribution is 6.31. The molecule has 0 aliphatic carbocycles.